The zero-order chi connectivity index (χ0) is 15.4. The Labute approximate surface area is 121 Å². The molecule has 2 rings (SSSR count). The van der Waals surface area contributed by atoms with Gasteiger partial charge in [0, 0.05) is 24.2 Å². The van der Waals surface area contributed by atoms with Gasteiger partial charge in [-0.1, -0.05) is 12.8 Å². The van der Waals surface area contributed by atoms with Crippen molar-refractivity contribution < 1.29 is 19.2 Å². The molecule has 0 saturated heterocycles. The quantitative estimate of drug-likeness (QED) is 0.666. The SMILES string of the molecule is O=C(c1ccc([N+](=O)[O-])c(F)c1)N(CCO)C1CCCC1. The zero-order valence-electron chi connectivity index (χ0n) is 11.5. The van der Waals surface area contributed by atoms with Crippen molar-refractivity contribution in [2.45, 2.75) is 31.7 Å². The molecule has 0 aliphatic heterocycles. The molecular weight excluding hydrogens is 279 g/mol. The lowest BCUT2D eigenvalue weighted by Gasteiger charge is -2.28. The fraction of sp³-hybridized carbons (Fsp3) is 0.500. The molecule has 1 fully saturated rings. The molecule has 0 radical (unpaired) electrons. The van der Waals surface area contributed by atoms with Gasteiger partial charge in [-0.25, -0.2) is 0 Å². The van der Waals surface area contributed by atoms with Gasteiger partial charge in [0.05, 0.1) is 11.5 Å². The van der Waals surface area contributed by atoms with Crippen LogP contribution >= 0.6 is 0 Å². The first kappa shape index (κ1) is 15.4. The van der Waals surface area contributed by atoms with E-state index in [1.807, 2.05) is 0 Å². The lowest BCUT2D eigenvalue weighted by Crippen LogP contribution is -2.40. The molecule has 1 amide bonds. The molecule has 1 N–H and O–H groups in total. The summed E-state index contributed by atoms with van der Waals surface area (Å²) in [5.41, 5.74) is -0.584. The van der Waals surface area contributed by atoms with Crippen molar-refractivity contribution in [3.63, 3.8) is 0 Å². The number of carbonyl (C=O) groups is 1. The second kappa shape index (κ2) is 6.62. The number of carbonyl (C=O) groups excluding carboxylic acids is 1. The van der Waals surface area contributed by atoms with Gasteiger partial charge in [0.25, 0.3) is 5.91 Å². The molecule has 0 atom stereocenters. The number of nitro benzene ring substituents is 1. The van der Waals surface area contributed by atoms with E-state index in [4.69, 9.17) is 5.11 Å². The largest absolute Gasteiger partial charge is 0.395 e. The fourth-order valence-electron chi connectivity index (χ4n) is 2.73. The summed E-state index contributed by atoms with van der Waals surface area (Å²) in [6, 6.07) is 3.18. The van der Waals surface area contributed by atoms with Crippen molar-refractivity contribution >= 4 is 11.6 Å². The summed E-state index contributed by atoms with van der Waals surface area (Å²) in [6.45, 7) is 0.0137. The van der Waals surface area contributed by atoms with Crippen molar-refractivity contribution in [3.05, 3.63) is 39.7 Å². The lowest BCUT2D eigenvalue weighted by molar-refractivity contribution is -0.387. The van der Waals surface area contributed by atoms with Crippen LogP contribution in [0.15, 0.2) is 18.2 Å². The molecule has 0 bridgehead atoms. The molecule has 0 aromatic heterocycles. The van der Waals surface area contributed by atoms with Crippen LogP contribution in [0.2, 0.25) is 0 Å². The highest BCUT2D eigenvalue weighted by atomic mass is 19.1. The van der Waals surface area contributed by atoms with Crippen LogP contribution in [0.5, 0.6) is 0 Å². The molecule has 0 spiro atoms. The number of rotatable bonds is 5. The number of nitro groups is 1. The number of hydrogen-bond acceptors (Lipinski definition) is 4. The van der Waals surface area contributed by atoms with Gasteiger partial charge in [-0.15, -0.1) is 0 Å². The van der Waals surface area contributed by atoms with Gasteiger partial charge in [-0.3, -0.25) is 14.9 Å². The smallest absolute Gasteiger partial charge is 0.304 e. The van der Waals surface area contributed by atoms with Crippen molar-refractivity contribution in [2.75, 3.05) is 13.2 Å². The topological polar surface area (TPSA) is 83.7 Å². The molecule has 1 aliphatic carbocycles. The van der Waals surface area contributed by atoms with E-state index < -0.39 is 22.3 Å². The molecule has 1 aromatic carbocycles. The normalized spacial score (nSPS) is 15.1. The van der Waals surface area contributed by atoms with Crippen molar-refractivity contribution in [1.29, 1.82) is 0 Å². The number of halogens is 1. The maximum absolute atomic E-state index is 13.6. The predicted molar refractivity (Wildman–Crippen MR) is 73.4 cm³/mol. The highest BCUT2D eigenvalue weighted by molar-refractivity contribution is 5.94. The monoisotopic (exact) mass is 296 g/mol. The first-order valence-electron chi connectivity index (χ1n) is 6.90. The fourth-order valence-corrected chi connectivity index (χ4v) is 2.73. The Balaban J connectivity index is 2.23. The van der Waals surface area contributed by atoms with Crippen LogP contribution in [0.1, 0.15) is 36.0 Å². The molecule has 6 nitrogen and oxygen atoms in total. The number of benzene rings is 1. The summed E-state index contributed by atoms with van der Waals surface area (Å²) in [6.07, 6.45) is 3.77. The number of aliphatic hydroxyl groups is 1. The number of hydrogen-bond donors (Lipinski definition) is 1. The van der Waals surface area contributed by atoms with Gasteiger partial charge in [0.15, 0.2) is 0 Å². The second-order valence-electron chi connectivity index (χ2n) is 5.08. The van der Waals surface area contributed by atoms with Crippen LogP contribution < -0.4 is 0 Å². The van der Waals surface area contributed by atoms with E-state index >= 15 is 0 Å². The van der Waals surface area contributed by atoms with E-state index in [0.717, 1.165) is 37.8 Å². The molecular formula is C14H17FN2O4. The summed E-state index contributed by atoms with van der Waals surface area (Å²) < 4.78 is 13.6. The van der Waals surface area contributed by atoms with E-state index in [1.165, 1.54) is 11.0 Å². The maximum atomic E-state index is 13.6. The van der Waals surface area contributed by atoms with Crippen molar-refractivity contribution in [2.24, 2.45) is 0 Å². The Bertz CT molecular complexity index is 544. The van der Waals surface area contributed by atoms with E-state index in [0.29, 0.717) is 0 Å². The molecule has 7 heteroatoms. The molecule has 1 aliphatic rings. The minimum absolute atomic E-state index is 0.0444. The maximum Gasteiger partial charge on any atom is 0.304 e. The van der Waals surface area contributed by atoms with Crippen LogP contribution in [0, 0.1) is 15.9 Å². The Morgan fingerprint density at radius 2 is 2.10 bits per heavy atom. The molecule has 21 heavy (non-hydrogen) atoms. The third kappa shape index (κ3) is 3.36. The summed E-state index contributed by atoms with van der Waals surface area (Å²) in [4.78, 5) is 23.7. The molecule has 114 valence electrons. The number of nitrogens with zero attached hydrogens (tertiary/aromatic N) is 2. The zero-order valence-corrected chi connectivity index (χ0v) is 11.5. The number of amides is 1. The van der Waals surface area contributed by atoms with Gasteiger partial charge in [0.2, 0.25) is 5.82 Å². The van der Waals surface area contributed by atoms with Crippen LogP contribution in [-0.4, -0.2) is 40.0 Å². The van der Waals surface area contributed by atoms with E-state index in [-0.39, 0.29) is 24.8 Å². The average molecular weight is 296 g/mol. The van der Waals surface area contributed by atoms with Crippen molar-refractivity contribution in [3.8, 4) is 0 Å². The molecule has 1 saturated carbocycles. The minimum Gasteiger partial charge on any atom is -0.395 e. The van der Waals surface area contributed by atoms with Gasteiger partial charge in [0.1, 0.15) is 0 Å². The highest BCUT2D eigenvalue weighted by Gasteiger charge is 2.28. The van der Waals surface area contributed by atoms with Crippen LogP contribution in [0.4, 0.5) is 10.1 Å². The third-order valence-electron chi connectivity index (χ3n) is 3.76. The van der Waals surface area contributed by atoms with Crippen LogP contribution in [0.25, 0.3) is 0 Å². The minimum atomic E-state index is -1.03. The first-order valence-corrected chi connectivity index (χ1v) is 6.90. The standard InChI is InChI=1S/C14H17FN2O4/c15-12-9-10(5-6-13(12)17(20)21)14(19)16(7-8-18)11-3-1-2-4-11/h5-6,9,11,18H,1-4,7-8H2. The van der Waals surface area contributed by atoms with Gasteiger partial charge >= 0.3 is 5.69 Å². The first-order chi connectivity index (χ1) is 10.0. The predicted octanol–water partition coefficient (Wildman–Crippen LogP) is 2.11. The van der Waals surface area contributed by atoms with E-state index in [1.54, 1.807) is 0 Å². The van der Waals surface area contributed by atoms with Gasteiger partial charge < -0.3 is 10.0 Å². The lowest BCUT2D eigenvalue weighted by atomic mass is 10.1. The van der Waals surface area contributed by atoms with Crippen LogP contribution in [-0.2, 0) is 0 Å². The third-order valence-corrected chi connectivity index (χ3v) is 3.76. The Morgan fingerprint density at radius 1 is 1.43 bits per heavy atom. The Kier molecular flexibility index (Phi) is 4.85. The van der Waals surface area contributed by atoms with Crippen molar-refractivity contribution in [1.82, 2.24) is 4.90 Å². The van der Waals surface area contributed by atoms with Gasteiger partial charge in [-0.2, -0.15) is 4.39 Å². The Morgan fingerprint density at radius 3 is 2.62 bits per heavy atom. The summed E-state index contributed by atoms with van der Waals surface area (Å²) in [5, 5.41) is 19.7. The molecule has 1 aromatic rings. The van der Waals surface area contributed by atoms with E-state index in [9.17, 15) is 19.3 Å². The summed E-state index contributed by atoms with van der Waals surface area (Å²) >= 11 is 0. The van der Waals surface area contributed by atoms with E-state index in [2.05, 4.69) is 0 Å². The summed E-state index contributed by atoms with van der Waals surface area (Å²) in [5.74, 6) is -1.43. The van der Waals surface area contributed by atoms with Crippen LogP contribution in [0.3, 0.4) is 0 Å². The second-order valence-corrected chi connectivity index (χ2v) is 5.08. The number of aliphatic hydroxyl groups excluding tert-OH is 1. The van der Waals surface area contributed by atoms with Gasteiger partial charge in [-0.05, 0) is 25.0 Å². The highest BCUT2D eigenvalue weighted by Crippen LogP contribution is 2.26. The summed E-state index contributed by atoms with van der Waals surface area (Å²) in [7, 11) is 0. The Hall–Kier alpha value is -2.02. The average Bonchev–Trinajstić information content (AvgIpc) is 2.97. The molecule has 0 unspecified atom stereocenters. The molecule has 0 heterocycles.